The molecule has 0 spiro atoms. The van der Waals surface area contributed by atoms with Crippen LogP contribution in [0.1, 0.15) is 101 Å². The average molecular weight is 685 g/mol. The lowest BCUT2D eigenvalue weighted by molar-refractivity contribution is -0.147. The minimum absolute atomic E-state index is 0.0158. The van der Waals surface area contributed by atoms with Crippen LogP contribution < -0.4 is 10.6 Å². The highest BCUT2D eigenvalue weighted by Gasteiger charge is 2.40. The monoisotopic (exact) mass is 684 g/mol. The fraction of sp³-hybridized carbons (Fsp3) is 0.550. The molecule has 0 radical (unpaired) electrons. The third-order valence-electron chi connectivity index (χ3n) is 11.2. The van der Waals surface area contributed by atoms with Crippen molar-refractivity contribution in [3.8, 4) is 0 Å². The molecule has 4 N–H and O–H groups in total. The van der Waals surface area contributed by atoms with Crippen LogP contribution in [-0.4, -0.2) is 81.0 Å². The highest BCUT2D eigenvalue weighted by Crippen LogP contribution is 2.31. The van der Waals surface area contributed by atoms with Crippen LogP contribution >= 0.6 is 0 Å². The van der Waals surface area contributed by atoms with Crippen LogP contribution in [-0.2, 0) is 19.2 Å². The van der Waals surface area contributed by atoms with Gasteiger partial charge < -0.3 is 30.6 Å². The molecule has 2 saturated carbocycles. The molecule has 10 nitrogen and oxygen atoms in total. The summed E-state index contributed by atoms with van der Waals surface area (Å²) in [5, 5.41) is 27.4. The zero-order valence-corrected chi connectivity index (χ0v) is 29.0. The van der Waals surface area contributed by atoms with Crippen molar-refractivity contribution in [1.29, 1.82) is 0 Å². The molecular weight excluding hydrogens is 632 g/mol. The summed E-state index contributed by atoms with van der Waals surface area (Å²) in [6.07, 6.45) is 14.4. The van der Waals surface area contributed by atoms with Crippen LogP contribution in [0.25, 0.3) is 12.2 Å². The highest BCUT2D eigenvalue weighted by molar-refractivity contribution is 5.99. The molecule has 4 aliphatic rings. The van der Waals surface area contributed by atoms with Crippen LogP contribution in [0.15, 0.2) is 48.5 Å². The third-order valence-corrected chi connectivity index (χ3v) is 11.2. The van der Waals surface area contributed by atoms with Crippen LogP contribution in [0.2, 0.25) is 0 Å². The van der Waals surface area contributed by atoms with Gasteiger partial charge in [0.1, 0.15) is 24.3 Å². The summed E-state index contributed by atoms with van der Waals surface area (Å²) in [4.78, 5) is 55.7. The fourth-order valence-electron chi connectivity index (χ4n) is 8.25. The largest absolute Gasteiger partial charge is 0.383 e. The van der Waals surface area contributed by atoms with Gasteiger partial charge in [-0.05, 0) is 98.6 Å². The highest BCUT2D eigenvalue weighted by atomic mass is 16.3. The molecule has 4 atom stereocenters. The van der Waals surface area contributed by atoms with Gasteiger partial charge in [-0.3, -0.25) is 19.2 Å². The van der Waals surface area contributed by atoms with Crippen molar-refractivity contribution >= 4 is 47.2 Å². The Kier molecular flexibility index (Phi) is 12.0. The summed E-state index contributed by atoms with van der Waals surface area (Å²) >= 11 is 0. The van der Waals surface area contributed by atoms with Crippen LogP contribution in [0.3, 0.4) is 0 Å². The maximum Gasteiger partial charge on any atom is 0.252 e. The van der Waals surface area contributed by atoms with Gasteiger partial charge in [0.2, 0.25) is 11.8 Å². The lowest BCUT2D eigenvalue weighted by Crippen LogP contribution is -2.49. The number of rotatable bonds is 10. The second kappa shape index (κ2) is 16.8. The minimum atomic E-state index is -1.03. The van der Waals surface area contributed by atoms with Crippen LogP contribution in [0, 0.1) is 11.8 Å². The number of benzene rings is 2. The molecule has 268 valence electrons. The number of anilines is 2. The number of hydrogen-bond acceptors (Lipinski definition) is 6. The molecule has 2 aliphatic heterocycles. The molecule has 4 fully saturated rings. The molecule has 2 aromatic rings. The Labute approximate surface area is 295 Å². The van der Waals surface area contributed by atoms with E-state index in [9.17, 15) is 29.4 Å². The second-order valence-corrected chi connectivity index (χ2v) is 14.6. The molecule has 50 heavy (non-hydrogen) atoms. The van der Waals surface area contributed by atoms with Crippen molar-refractivity contribution in [3.63, 3.8) is 0 Å². The van der Waals surface area contributed by atoms with Gasteiger partial charge in [0.25, 0.3) is 11.8 Å². The summed E-state index contributed by atoms with van der Waals surface area (Å²) < 4.78 is 0. The lowest BCUT2D eigenvalue weighted by Gasteiger charge is -2.31. The summed E-state index contributed by atoms with van der Waals surface area (Å²) in [6.45, 7) is 0.979. The molecule has 10 heteroatoms. The Morgan fingerprint density at radius 3 is 1.26 bits per heavy atom. The van der Waals surface area contributed by atoms with Gasteiger partial charge in [-0.2, -0.15) is 0 Å². The Morgan fingerprint density at radius 1 is 0.540 bits per heavy atom. The van der Waals surface area contributed by atoms with E-state index in [1.807, 2.05) is 60.7 Å². The molecule has 4 amide bonds. The second-order valence-electron chi connectivity index (χ2n) is 14.6. The molecule has 2 heterocycles. The normalized spacial score (nSPS) is 23.2. The quantitative estimate of drug-likeness (QED) is 0.241. The molecule has 0 unspecified atom stereocenters. The predicted molar refractivity (Wildman–Crippen MR) is 194 cm³/mol. The van der Waals surface area contributed by atoms with E-state index in [2.05, 4.69) is 10.6 Å². The van der Waals surface area contributed by atoms with Gasteiger partial charge in [-0.15, -0.1) is 0 Å². The summed E-state index contributed by atoms with van der Waals surface area (Å²) in [5.41, 5.74) is 3.17. The summed E-state index contributed by atoms with van der Waals surface area (Å²) in [5.74, 6) is -1.12. The zero-order chi connectivity index (χ0) is 35.0. The minimum Gasteiger partial charge on any atom is -0.383 e. The lowest BCUT2D eigenvalue weighted by atomic mass is 9.84. The number of hydrogen-bond donors (Lipinski definition) is 4. The number of carbonyl (C=O) groups excluding carboxylic acids is 4. The van der Waals surface area contributed by atoms with Gasteiger partial charge >= 0.3 is 0 Å². The zero-order valence-electron chi connectivity index (χ0n) is 29.0. The third kappa shape index (κ3) is 8.64. The molecule has 0 aromatic heterocycles. The molecular formula is C40H52N4O6. The standard InChI is InChI=1S/C40H52N4O6/c45-35(29-9-3-1-4-10-29)39(49)43-25-7-13-33(43)37(47)41-31-21-17-27(18-22-31)15-16-28-19-23-32(24-20-28)42-38(48)34-14-8-26-44(34)40(50)36(46)30-11-5-2-6-12-30/h15-24,29-30,33-36,45-46H,1-14,25-26H2,(H,41,47)(H,42,48)/b16-15+/t33-,34-,35+,36+/m0/s1. The first-order valence-electron chi connectivity index (χ1n) is 18.8. The van der Waals surface area contributed by atoms with Gasteiger partial charge in [0.05, 0.1) is 0 Å². The van der Waals surface area contributed by atoms with E-state index in [0.717, 1.165) is 88.2 Å². The number of nitrogens with one attached hydrogen (secondary N) is 2. The number of carbonyl (C=O) groups is 4. The van der Waals surface area contributed by atoms with Crippen molar-refractivity contribution in [2.75, 3.05) is 23.7 Å². The summed E-state index contributed by atoms with van der Waals surface area (Å²) in [7, 11) is 0. The average Bonchev–Trinajstić information content (AvgIpc) is 3.86. The number of aliphatic hydroxyl groups excluding tert-OH is 2. The van der Waals surface area contributed by atoms with Gasteiger partial charge in [0.15, 0.2) is 0 Å². The van der Waals surface area contributed by atoms with Crippen molar-refractivity contribution in [2.24, 2.45) is 11.8 Å². The molecule has 2 saturated heterocycles. The number of likely N-dealkylation sites (tertiary alicyclic amines) is 2. The molecule has 6 rings (SSSR count). The van der Waals surface area contributed by atoms with Crippen LogP contribution in [0.4, 0.5) is 11.4 Å². The van der Waals surface area contributed by atoms with E-state index < -0.39 is 24.3 Å². The van der Waals surface area contributed by atoms with Crippen molar-refractivity contribution in [3.05, 3.63) is 59.7 Å². The van der Waals surface area contributed by atoms with Crippen LogP contribution in [0.5, 0.6) is 0 Å². The van der Waals surface area contributed by atoms with E-state index in [0.29, 0.717) is 37.3 Å². The van der Waals surface area contributed by atoms with Crippen molar-refractivity contribution in [2.45, 2.75) is 114 Å². The first kappa shape index (κ1) is 35.8. The van der Waals surface area contributed by atoms with Gasteiger partial charge in [0, 0.05) is 24.5 Å². The van der Waals surface area contributed by atoms with E-state index >= 15 is 0 Å². The topological polar surface area (TPSA) is 139 Å². The first-order chi connectivity index (χ1) is 24.3. The van der Waals surface area contributed by atoms with E-state index in [4.69, 9.17) is 0 Å². The summed E-state index contributed by atoms with van der Waals surface area (Å²) in [6, 6.07) is 13.8. The van der Waals surface area contributed by atoms with E-state index in [1.54, 1.807) is 9.80 Å². The van der Waals surface area contributed by atoms with Gasteiger partial charge in [-0.1, -0.05) is 74.9 Å². The Balaban J connectivity index is 0.980. The maximum atomic E-state index is 13.2. The number of amides is 4. The maximum absolute atomic E-state index is 13.2. The molecule has 2 aromatic carbocycles. The Bertz CT molecular complexity index is 1400. The smallest absolute Gasteiger partial charge is 0.252 e. The van der Waals surface area contributed by atoms with E-state index in [1.165, 1.54) is 0 Å². The van der Waals surface area contributed by atoms with Crippen molar-refractivity contribution in [1.82, 2.24) is 9.80 Å². The Hall–Kier alpha value is -4.02. The molecule has 2 aliphatic carbocycles. The Morgan fingerprint density at radius 2 is 0.900 bits per heavy atom. The SMILES string of the molecule is O=C(Nc1ccc(/C=C/c2ccc(NC(=O)[C@@H]3CCCN3C(=O)[C@H](O)C3CCCCC3)cc2)cc1)[C@@H]1CCCN1C(=O)[C@H](O)C1CCCCC1. The fourth-order valence-corrected chi connectivity index (χ4v) is 8.25. The van der Waals surface area contributed by atoms with Gasteiger partial charge in [-0.25, -0.2) is 0 Å². The van der Waals surface area contributed by atoms with Crippen molar-refractivity contribution < 1.29 is 29.4 Å². The predicted octanol–water partition coefficient (Wildman–Crippen LogP) is 5.60. The number of nitrogens with zero attached hydrogens (tertiary/aromatic N) is 2. The number of aliphatic hydroxyl groups is 2. The molecule has 0 bridgehead atoms. The van der Waals surface area contributed by atoms with E-state index in [-0.39, 0.29) is 35.5 Å². The first-order valence-corrected chi connectivity index (χ1v) is 18.8.